The van der Waals surface area contributed by atoms with E-state index in [0.29, 0.717) is 19.7 Å². The van der Waals surface area contributed by atoms with Crippen LogP contribution in [0, 0.1) is 0 Å². The maximum absolute atomic E-state index is 12.0. The van der Waals surface area contributed by atoms with Gasteiger partial charge < -0.3 is 15.8 Å². The van der Waals surface area contributed by atoms with Crippen molar-refractivity contribution < 1.29 is 9.53 Å². The van der Waals surface area contributed by atoms with Crippen LogP contribution in [0.15, 0.2) is 28.7 Å². The summed E-state index contributed by atoms with van der Waals surface area (Å²) in [6, 6.07) is 7.53. The van der Waals surface area contributed by atoms with E-state index in [4.69, 9.17) is 10.5 Å². The van der Waals surface area contributed by atoms with Crippen molar-refractivity contribution >= 4 is 27.5 Å². The third kappa shape index (κ3) is 4.56. The number of anilines is 1. The van der Waals surface area contributed by atoms with E-state index in [1.165, 1.54) is 0 Å². The Bertz CT molecular complexity index is 467. The number of rotatable bonds is 4. The minimum absolute atomic E-state index is 0.00224. The van der Waals surface area contributed by atoms with Gasteiger partial charge >= 0.3 is 0 Å². The Morgan fingerprint density at radius 2 is 2.45 bits per heavy atom. The number of ether oxygens (including phenoxy) is 1. The van der Waals surface area contributed by atoms with Crippen molar-refractivity contribution in [3.05, 3.63) is 28.7 Å². The fraction of sp³-hybridized carbons (Fsp3) is 0.500. The van der Waals surface area contributed by atoms with E-state index in [1.807, 2.05) is 31.2 Å². The topological polar surface area (TPSA) is 67.6 Å². The number of hydrogen-bond acceptors (Lipinski definition) is 4. The number of nitrogens with two attached hydrogens (primary N) is 1. The molecule has 6 heteroatoms. The van der Waals surface area contributed by atoms with Crippen LogP contribution < -0.4 is 11.1 Å². The summed E-state index contributed by atoms with van der Waals surface area (Å²) in [6.07, 6.45) is 0.00224. The average molecular weight is 342 g/mol. The molecule has 0 aromatic heterocycles. The highest BCUT2D eigenvalue weighted by Gasteiger charge is 2.24. The third-order valence-electron chi connectivity index (χ3n) is 3.24. The Hall–Kier alpha value is -0.950. The lowest BCUT2D eigenvalue weighted by Crippen LogP contribution is -2.51. The van der Waals surface area contributed by atoms with Gasteiger partial charge in [-0.3, -0.25) is 9.69 Å². The SMILES string of the molecule is CC(N)C1CN(CC(=O)Nc2cccc(Br)c2)CCO1. The molecule has 1 saturated heterocycles. The number of morpholine rings is 1. The molecule has 0 spiro atoms. The molecule has 0 bridgehead atoms. The molecule has 1 aromatic carbocycles. The van der Waals surface area contributed by atoms with Crippen molar-refractivity contribution in [3.8, 4) is 0 Å². The Labute approximate surface area is 127 Å². The number of hydrogen-bond donors (Lipinski definition) is 2. The summed E-state index contributed by atoms with van der Waals surface area (Å²) < 4.78 is 6.52. The Morgan fingerprint density at radius 3 is 3.15 bits per heavy atom. The highest BCUT2D eigenvalue weighted by atomic mass is 79.9. The van der Waals surface area contributed by atoms with Gasteiger partial charge in [-0.1, -0.05) is 22.0 Å². The van der Waals surface area contributed by atoms with Crippen molar-refractivity contribution in [2.45, 2.75) is 19.1 Å². The lowest BCUT2D eigenvalue weighted by atomic mass is 10.1. The number of amides is 1. The van der Waals surface area contributed by atoms with Crippen LogP contribution in [0.2, 0.25) is 0 Å². The summed E-state index contributed by atoms with van der Waals surface area (Å²) in [5, 5.41) is 2.89. The van der Waals surface area contributed by atoms with Crippen LogP contribution in [0.3, 0.4) is 0 Å². The van der Waals surface area contributed by atoms with E-state index in [1.54, 1.807) is 0 Å². The number of halogens is 1. The molecule has 1 fully saturated rings. The van der Waals surface area contributed by atoms with E-state index in [9.17, 15) is 4.79 Å². The van der Waals surface area contributed by atoms with E-state index in [0.717, 1.165) is 16.7 Å². The van der Waals surface area contributed by atoms with E-state index < -0.39 is 0 Å². The van der Waals surface area contributed by atoms with Crippen molar-refractivity contribution in [1.29, 1.82) is 0 Å². The minimum Gasteiger partial charge on any atom is -0.374 e. The highest BCUT2D eigenvalue weighted by Crippen LogP contribution is 2.15. The molecule has 2 rings (SSSR count). The van der Waals surface area contributed by atoms with Gasteiger partial charge in [-0.05, 0) is 25.1 Å². The molecule has 0 saturated carbocycles. The maximum Gasteiger partial charge on any atom is 0.238 e. The molecule has 0 radical (unpaired) electrons. The van der Waals surface area contributed by atoms with Gasteiger partial charge in [0.05, 0.1) is 19.3 Å². The van der Waals surface area contributed by atoms with Gasteiger partial charge in [0.15, 0.2) is 0 Å². The molecule has 1 aromatic rings. The Balaban J connectivity index is 1.85. The van der Waals surface area contributed by atoms with Crippen LogP contribution in [-0.4, -0.2) is 49.2 Å². The molecule has 1 amide bonds. The van der Waals surface area contributed by atoms with E-state index >= 15 is 0 Å². The van der Waals surface area contributed by atoms with Crippen LogP contribution in [0.4, 0.5) is 5.69 Å². The molecular weight excluding hydrogens is 322 g/mol. The number of benzene rings is 1. The number of nitrogens with one attached hydrogen (secondary N) is 1. The van der Waals surface area contributed by atoms with Gasteiger partial charge in [0.25, 0.3) is 0 Å². The average Bonchev–Trinajstić information content (AvgIpc) is 2.38. The zero-order valence-corrected chi connectivity index (χ0v) is 13.1. The lowest BCUT2D eigenvalue weighted by Gasteiger charge is -2.34. The monoisotopic (exact) mass is 341 g/mol. The standard InChI is InChI=1S/C14H20BrN3O2/c1-10(16)13-8-18(5-6-20-13)9-14(19)17-12-4-2-3-11(15)7-12/h2-4,7,10,13H,5-6,8-9,16H2,1H3,(H,17,19). The van der Waals surface area contributed by atoms with Crippen LogP contribution in [0.1, 0.15) is 6.92 Å². The van der Waals surface area contributed by atoms with Gasteiger partial charge in [0.1, 0.15) is 0 Å². The summed E-state index contributed by atoms with van der Waals surface area (Å²) >= 11 is 3.38. The van der Waals surface area contributed by atoms with E-state index in [-0.39, 0.29) is 18.1 Å². The Morgan fingerprint density at radius 1 is 1.65 bits per heavy atom. The minimum atomic E-state index is -0.0223. The van der Waals surface area contributed by atoms with Crippen molar-refractivity contribution in [2.75, 3.05) is 31.6 Å². The molecule has 5 nitrogen and oxygen atoms in total. The predicted octanol–water partition coefficient (Wildman–Crippen LogP) is 1.44. The van der Waals surface area contributed by atoms with Crippen molar-refractivity contribution in [1.82, 2.24) is 4.90 Å². The summed E-state index contributed by atoms with van der Waals surface area (Å²) in [4.78, 5) is 14.1. The first-order valence-electron chi connectivity index (χ1n) is 6.69. The highest BCUT2D eigenvalue weighted by molar-refractivity contribution is 9.10. The van der Waals surface area contributed by atoms with Gasteiger partial charge in [-0.15, -0.1) is 0 Å². The van der Waals surface area contributed by atoms with Crippen LogP contribution in [0.5, 0.6) is 0 Å². The molecule has 3 N–H and O–H groups in total. The second-order valence-electron chi connectivity index (χ2n) is 5.06. The first-order chi connectivity index (χ1) is 9.54. The first kappa shape index (κ1) is 15.4. The van der Waals surface area contributed by atoms with E-state index in [2.05, 4.69) is 26.1 Å². The summed E-state index contributed by atoms with van der Waals surface area (Å²) in [5.41, 5.74) is 6.64. The molecule has 2 unspecified atom stereocenters. The van der Waals surface area contributed by atoms with Crippen molar-refractivity contribution in [3.63, 3.8) is 0 Å². The van der Waals surface area contributed by atoms with Crippen LogP contribution in [-0.2, 0) is 9.53 Å². The number of carbonyl (C=O) groups is 1. The van der Waals surface area contributed by atoms with Gasteiger partial charge in [0, 0.05) is 29.3 Å². The molecule has 1 aliphatic heterocycles. The molecule has 110 valence electrons. The number of carbonyl (C=O) groups excluding carboxylic acids is 1. The third-order valence-corrected chi connectivity index (χ3v) is 3.73. The summed E-state index contributed by atoms with van der Waals surface area (Å²) in [6.45, 7) is 4.36. The van der Waals surface area contributed by atoms with Crippen molar-refractivity contribution in [2.24, 2.45) is 5.73 Å². The van der Waals surface area contributed by atoms with Gasteiger partial charge in [-0.2, -0.15) is 0 Å². The normalized spacial score (nSPS) is 21.4. The molecule has 2 atom stereocenters. The molecule has 0 aliphatic carbocycles. The smallest absolute Gasteiger partial charge is 0.238 e. The molecular formula is C14H20BrN3O2. The predicted molar refractivity (Wildman–Crippen MR) is 82.6 cm³/mol. The summed E-state index contributed by atoms with van der Waals surface area (Å²) in [7, 11) is 0. The second-order valence-corrected chi connectivity index (χ2v) is 5.98. The van der Waals surface area contributed by atoms with Gasteiger partial charge in [0.2, 0.25) is 5.91 Å². The second kappa shape index (κ2) is 7.17. The Kier molecular flexibility index (Phi) is 5.54. The lowest BCUT2D eigenvalue weighted by molar-refractivity contribution is -0.119. The van der Waals surface area contributed by atoms with Crippen LogP contribution in [0.25, 0.3) is 0 Å². The van der Waals surface area contributed by atoms with Crippen LogP contribution >= 0.6 is 15.9 Å². The first-order valence-corrected chi connectivity index (χ1v) is 7.49. The fourth-order valence-electron chi connectivity index (χ4n) is 2.16. The number of nitrogens with zero attached hydrogens (tertiary/aromatic N) is 1. The quantitative estimate of drug-likeness (QED) is 0.869. The summed E-state index contributed by atoms with van der Waals surface area (Å²) in [5.74, 6) is -0.0200. The zero-order chi connectivity index (χ0) is 14.5. The fourth-order valence-corrected chi connectivity index (χ4v) is 2.56. The molecule has 1 heterocycles. The maximum atomic E-state index is 12.0. The zero-order valence-electron chi connectivity index (χ0n) is 11.5. The largest absolute Gasteiger partial charge is 0.374 e. The van der Waals surface area contributed by atoms with Gasteiger partial charge in [-0.25, -0.2) is 0 Å². The molecule has 1 aliphatic rings. The molecule has 20 heavy (non-hydrogen) atoms.